The molecule has 0 amide bonds. The van der Waals surface area contributed by atoms with Gasteiger partial charge >= 0.3 is 0 Å². The summed E-state index contributed by atoms with van der Waals surface area (Å²) >= 11 is 0. The molecule has 0 aliphatic heterocycles. The highest BCUT2D eigenvalue weighted by Crippen LogP contribution is 2.16. The number of rotatable bonds is 3. The molecule has 2 rings (SSSR count). The highest BCUT2D eigenvalue weighted by molar-refractivity contribution is 5.59. The Morgan fingerprint density at radius 2 is 1.53 bits per heavy atom. The molecule has 2 aromatic rings. The average Bonchev–Trinajstić information content (AvgIpc) is 2.31. The van der Waals surface area contributed by atoms with E-state index in [-0.39, 0.29) is 6.61 Å². The van der Waals surface area contributed by atoms with Crippen molar-refractivity contribution in [3.63, 3.8) is 0 Å². The van der Waals surface area contributed by atoms with Crippen molar-refractivity contribution >= 4 is 11.4 Å². The van der Waals surface area contributed by atoms with Gasteiger partial charge in [0.15, 0.2) is 0 Å². The first-order chi connectivity index (χ1) is 7.38. The second-order valence-corrected chi connectivity index (χ2v) is 3.27. The van der Waals surface area contributed by atoms with E-state index in [2.05, 4.69) is 11.4 Å². The molecule has 2 aromatic carbocycles. The molecule has 0 saturated carbocycles. The van der Waals surface area contributed by atoms with Crippen LogP contribution in [0.15, 0.2) is 48.5 Å². The fourth-order valence-corrected chi connectivity index (χ4v) is 1.33. The largest absolute Gasteiger partial charge is 0.392 e. The quantitative estimate of drug-likeness (QED) is 0.794. The van der Waals surface area contributed by atoms with Gasteiger partial charge in [-0.1, -0.05) is 24.3 Å². The molecular formula is C13H12NO. The maximum atomic E-state index is 8.89. The van der Waals surface area contributed by atoms with Gasteiger partial charge in [0, 0.05) is 11.4 Å². The van der Waals surface area contributed by atoms with Crippen molar-refractivity contribution in [1.29, 1.82) is 0 Å². The summed E-state index contributed by atoms with van der Waals surface area (Å²) in [5.74, 6) is 0. The lowest BCUT2D eigenvalue weighted by Gasteiger charge is -2.06. The van der Waals surface area contributed by atoms with Crippen molar-refractivity contribution in [3.05, 3.63) is 60.2 Å². The molecule has 0 saturated heterocycles. The SMILES string of the molecule is OCc1ccc(Nc2cc[c]cc2)cc1. The highest BCUT2D eigenvalue weighted by Gasteiger charge is 1.93. The van der Waals surface area contributed by atoms with Crippen LogP contribution in [0.1, 0.15) is 5.56 Å². The molecule has 0 spiro atoms. The Morgan fingerprint density at radius 3 is 2.13 bits per heavy atom. The van der Waals surface area contributed by atoms with Gasteiger partial charge in [-0.25, -0.2) is 0 Å². The standard InChI is InChI=1S/C13H12NO/c15-10-11-6-8-13(9-7-11)14-12-4-2-1-3-5-12/h2-9,14-15H,10H2. The Morgan fingerprint density at radius 1 is 0.933 bits per heavy atom. The predicted octanol–water partition coefficient (Wildman–Crippen LogP) is 2.72. The van der Waals surface area contributed by atoms with Crippen molar-refractivity contribution in [1.82, 2.24) is 0 Å². The van der Waals surface area contributed by atoms with Crippen molar-refractivity contribution in [2.24, 2.45) is 0 Å². The normalized spacial score (nSPS) is 9.93. The van der Waals surface area contributed by atoms with Crippen LogP contribution >= 0.6 is 0 Å². The molecule has 0 aromatic heterocycles. The molecule has 75 valence electrons. The van der Waals surface area contributed by atoms with Gasteiger partial charge in [0.05, 0.1) is 6.61 Å². The van der Waals surface area contributed by atoms with Gasteiger partial charge in [0.25, 0.3) is 0 Å². The van der Waals surface area contributed by atoms with Gasteiger partial charge in [0.1, 0.15) is 0 Å². The summed E-state index contributed by atoms with van der Waals surface area (Å²) in [6, 6.07) is 18.3. The first kappa shape index (κ1) is 9.74. The summed E-state index contributed by atoms with van der Waals surface area (Å²) < 4.78 is 0. The van der Waals surface area contributed by atoms with Crippen LogP contribution in [-0.2, 0) is 6.61 Å². The molecule has 1 radical (unpaired) electrons. The maximum absolute atomic E-state index is 8.89. The summed E-state index contributed by atoms with van der Waals surface area (Å²) in [6.07, 6.45) is 0. The lowest BCUT2D eigenvalue weighted by molar-refractivity contribution is 0.282. The van der Waals surface area contributed by atoms with E-state index in [0.717, 1.165) is 16.9 Å². The Bertz CT molecular complexity index is 408. The summed E-state index contributed by atoms with van der Waals surface area (Å²) in [6.45, 7) is 0.0839. The topological polar surface area (TPSA) is 32.3 Å². The fraction of sp³-hybridized carbons (Fsp3) is 0.0769. The third-order valence-electron chi connectivity index (χ3n) is 2.14. The van der Waals surface area contributed by atoms with Gasteiger partial charge < -0.3 is 10.4 Å². The van der Waals surface area contributed by atoms with Gasteiger partial charge in [-0.3, -0.25) is 0 Å². The Kier molecular flexibility index (Phi) is 3.00. The van der Waals surface area contributed by atoms with Gasteiger partial charge in [-0.15, -0.1) is 0 Å². The van der Waals surface area contributed by atoms with Crippen LogP contribution < -0.4 is 5.32 Å². The second-order valence-electron chi connectivity index (χ2n) is 3.27. The first-order valence-electron chi connectivity index (χ1n) is 4.81. The van der Waals surface area contributed by atoms with E-state index in [0.29, 0.717) is 0 Å². The monoisotopic (exact) mass is 198 g/mol. The molecule has 2 N–H and O–H groups in total. The molecule has 0 unspecified atom stereocenters. The van der Waals surface area contributed by atoms with E-state index in [1.807, 2.05) is 48.5 Å². The molecule has 15 heavy (non-hydrogen) atoms. The van der Waals surface area contributed by atoms with E-state index in [1.165, 1.54) is 0 Å². The minimum absolute atomic E-state index is 0.0839. The highest BCUT2D eigenvalue weighted by atomic mass is 16.3. The van der Waals surface area contributed by atoms with E-state index >= 15 is 0 Å². The number of nitrogens with one attached hydrogen (secondary N) is 1. The zero-order chi connectivity index (χ0) is 10.5. The summed E-state index contributed by atoms with van der Waals surface area (Å²) in [5.41, 5.74) is 2.96. The number of aliphatic hydroxyl groups is 1. The lowest BCUT2D eigenvalue weighted by atomic mass is 10.2. The molecule has 0 atom stereocenters. The second kappa shape index (κ2) is 4.62. The van der Waals surface area contributed by atoms with E-state index in [4.69, 9.17) is 5.11 Å². The molecule has 0 aliphatic rings. The Balaban J connectivity index is 2.11. The molecule has 0 aliphatic carbocycles. The van der Waals surface area contributed by atoms with Crippen LogP contribution in [-0.4, -0.2) is 5.11 Å². The van der Waals surface area contributed by atoms with E-state index in [9.17, 15) is 0 Å². The van der Waals surface area contributed by atoms with Crippen molar-refractivity contribution in [2.45, 2.75) is 6.61 Å². The average molecular weight is 198 g/mol. The molecule has 0 bridgehead atoms. The zero-order valence-corrected chi connectivity index (χ0v) is 8.27. The molecule has 0 fully saturated rings. The number of aliphatic hydroxyl groups excluding tert-OH is 1. The predicted molar refractivity (Wildman–Crippen MR) is 60.9 cm³/mol. The van der Waals surface area contributed by atoms with E-state index in [1.54, 1.807) is 0 Å². The smallest absolute Gasteiger partial charge is 0.0681 e. The van der Waals surface area contributed by atoms with Gasteiger partial charge in [0.2, 0.25) is 0 Å². The molecular weight excluding hydrogens is 186 g/mol. The zero-order valence-electron chi connectivity index (χ0n) is 8.27. The Labute approximate surface area is 89.2 Å². The maximum Gasteiger partial charge on any atom is 0.0681 e. The molecule has 0 heterocycles. The van der Waals surface area contributed by atoms with E-state index < -0.39 is 0 Å². The number of benzene rings is 2. The summed E-state index contributed by atoms with van der Waals surface area (Å²) in [4.78, 5) is 0. The summed E-state index contributed by atoms with van der Waals surface area (Å²) in [7, 11) is 0. The molecule has 2 nitrogen and oxygen atoms in total. The van der Waals surface area contributed by atoms with Crippen LogP contribution in [0, 0.1) is 6.07 Å². The third-order valence-corrected chi connectivity index (χ3v) is 2.14. The first-order valence-corrected chi connectivity index (χ1v) is 4.81. The van der Waals surface area contributed by atoms with Crippen LogP contribution in [0.4, 0.5) is 11.4 Å². The van der Waals surface area contributed by atoms with Gasteiger partial charge in [-0.05, 0) is 35.9 Å². The van der Waals surface area contributed by atoms with Crippen molar-refractivity contribution < 1.29 is 5.11 Å². The number of hydrogen-bond acceptors (Lipinski definition) is 2. The van der Waals surface area contributed by atoms with Crippen molar-refractivity contribution in [2.75, 3.05) is 5.32 Å². The van der Waals surface area contributed by atoms with Crippen LogP contribution in [0.2, 0.25) is 0 Å². The molecule has 2 heteroatoms. The third kappa shape index (κ3) is 2.58. The number of hydrogen-bond donors (Lipinski definition) is 2. The summed E-state index contributed by atoms with van der Waals surface area (Å²) in [5, 5.41) is 12.1. The number of anilines is 2. The van der Waals surface area contributed by atoms with Gasteiger partial charge in [-0.2, -0.15) is 0 Å². The van der Waals surface area contributed by atoms with Crippen LogP contribution in [0.25, 0.3) is 0 Å². The van der Waals surface area contributed by atoms with Crippen LogP contribution in [0.3, 0.4) is 0 Å². The minimum atomic E-state index is 0.0839. The minimum Gasteiger partial charge on any atom is -0.392 e. The van der Waals surface area contributed by atoms with Crippen LogP contribution in [0.5, 0.6) is 0 Å². The fourth-order valence-electron chi connectivity index (χ4n) is 1.33. The Hall–Kier alpha value is -1.80. The lowest BCUT2D eigenvalue weighted by Crippen LogP contribution is -1.90. The van der Waals surface area contributed by atoms with Crippen molar-refractivity contribution in [3.8, 4) is 0 Å².